The number of nitrogens with zero attached hydrogens (tertiary/aromatic N) is 3. The van der Waals surface area contributed by atoms with Crippen LogP contribution in [0.3, 0.4) is 0 Å². The second-order valence-corrected chi connectivity index (χ2v) is 9.14. The zero-order valence-corrected chi connectivity index (χ0v) is 17.6. The van der Waals surface area contributed by atoms with Crippen molar-refractivity contribution in [2.24, 2.45) is 5.92 Å². The van der Waals surface area contributed by atoms with E-state index in [9.17, 15) is 14.0 Å². The highest BCUT2D eigenvalue weighted by molar-refractivity contribution is 8.00. The molecular formula is C21H19FN4O2S2. The lowest BCUT2D eigenvalue weighted by Gasteiger charge is -2.16. The molecule has 0 unspecified atom stereocenters. The monoisotopic (exact) mass is 442 g/mol. The highest BCUT2D eigenvalue weighted by atomic mass is 32.2. The minimum absolute atomic E-state index is 0.0215. The van der Waals surface area contributed by atoms with Gasteiger partial charge in [0.1, 0.15) is 5.82 Å². The van der Waals surface area contributed by atoms with Crippen molar-refractivity contribution in [2.75, 3.05) is 11.9 Å². The minimum Gasteiger partial charge on any atom is -0.338 e. The molecule has 0 bridgehead atoms. The van der Waals surface area contributed by atoms with Crippen molar-refractivity contribution in [1.29, 1.82) is 0 Å². The lowest BCUT2D eigenvalue weighted by Crippen LogP contribution is -2.28. The van der Waals surface area contributed by atoms with Crippen LogP contribution in [-0.4, -0.2) is 33.5 Å². The molecule has 0 aliphatic carbocycles. The largest absolute Gasteiger partial charge is 0.338 e. The first-order valence-corrected chi connectivity index (χ1v) is 11.2. The van der Waals surface area contributed by atoms with Gasteiger partial charge in [0.2, 0.25) is 16.9 Å². The number of rotatable bonds is 7. The summed E-state index contributed by atoms with van der Waals surface area (Å²) in [5.74, 6) is -0.274. The van der Waals surface area contributed by atoms with Crippen LogP contribution in [0.15, 0.2) is 58.9 Å². The van der Waals surface area contributed by atoms with Crippen LogP contribution < -0.4 is 5.32 Å². The van der Waals surface area contributed by atoms with Crippen LogP contribution in [0.25, 0.3) is 0 Å². The van der Waals surface area contributed by atoms with E-state index in [-0.39, 0.29) is 24.1 Å². The Balaban J connectivity index is 1.29. The third kappa shape index (κ3) is 5.22. The predicted octanol–water partition coefficient (Wildman–Crippen LogP) is 3.96. The van der Waals surface area contributed by atoms with E-state index in [0.717, 1.165) is 11.1 Å². The number of benzene rings is 2. The normalized spacial score (nSPS) is 16.1. The molecular weight excluding hydrogens is 423 g/mol. The zero-order chi connectivity index (χ0) is 20.9. The maximum absolute atomic E-state index is 13.0. The Labute approximate surface area is 181 Å². The topological polar surface area (TPSA) is 75.2 Å². The third-order valence-corrected chi connectivity index (χ3v) is 6.76. The van der Waals surface area contributed by atoms with Crippen LogP contribution in [0.4, 0.5) is 9.52 Å². The second-order valence-electron chi connectivity index (χ2n) is 6.94. The van der Waals surface area contributed by atoms with Crippen molar-refractivity contribution in [3.63, 3.8) is 0 Å². The predicted molar refractivity (Wildman–Crippen MR) is 114 cm³/mol. The maximum atomic E-state index is 13.0. The molecule has 0 radical (unpaired) electrons. The molecule has 1 aliphatic rings. The van der Waals surface area contributed by atoms with E-state index in [1.165, 1.54) is 35.2 Å². The highest BCUT2D eigenvalue weighted by Gasteiger charge is 2.34. The number of hydrogen-bond donors (Lipinski definition) is 1. The van der Waals surface area contributed by atoms with Gasteiger partial charge in [0, 0.05) is 25.3 Å². The standard InChI is InChI=1S/C21H19FN4O2S2/c22-17-8-6-15(7-9-17)13-29-21-25-24-20(30-21)23-19(28)16-10-18(27)26(12-16)11-14-4-2-1-3-5-14/h1-9,16H,10-13H2,(H,23,24,28)/t16-/m1/s1. The number of likely N-dealkylation sites (tertiary alicyclic amines) is 1. The summed E-state index contributed by atoms with van der Waals surface area (Å²) in [6, 6.07) is 16.0. The zero-order valence-electron chi connectivity index (χ0n) is 16.0. The molecule has 2 heterocycles. The van der Waals surface area contributed by atoms with E-state index < -0.39 is 5.92 Å². The quantitative estimate of drug-likeness (QED) is 0.443. The molecule has 30 heavy (non-hydrogen) atoms. The molecule has 6 nitrogen and oxygen atoms in total. The van der Waals surface area contributed by atoms with Crippen molar-refractivity contribution < 1.29 is 14.0 Å². The molecule has 1 fully saturated rings. The smallest absolute Gasteiger partial charge is 0.231 e. The van der Waals surface area contributed by atoms with Gasteiger partial charge in [-0.05, 0) is 23.3 Å². The number of halogens is 1. The summed E-state index contributed by atoms with van der Waals surface area (Å²) in [6.07, 6.45) is 0.198. The number of carbonyl (C=O) groups excluding carboxylic acids is 2. The summed E-state index contributed by atoms with van der Waals surface area (Å²) in [5, 5.41) is 11.3. The Hall–Kier alpha value is -2.78. The van der Waals surface area contributed by atoms with Crippen LogP contribution in [0, 0.1) is 11.7 Å². The SMILES string of the molecule is O=C(Nc1nnc(SCc2ccc(F)cc2)s1)[C@@H]1CC(=O)N(Cc2ccccc2)C1. The average molecular weight is 443 g/mol. The van der Waals surface area contributed by atoms with Crippen molar-refractivity contribution in [3.05, 3.63) is 71.5 Å². The van der Waals surface area contributed by atoms with Crippen molar-refractivity contribution in [1.82, 2.24) is 15.1 Å². The summed E-state index contributed by atoms with van der Waals surface area (Å²) in [4.78, 5) is 26.6. The molecule has 9 heteroatoms. The molecule has 0 saturated carbocycles. The molecule has 1 N–H and O–H groups in total. The van der Waals surface area contributed by atoms with Crippen LogP contribution in [-0.2, 0) is 21.9 Å². The van der Waals surface area contributed by atoms with Crippen molar-refractivity contribution in [2.45, 2.75) is 23.1 Å². The molecule has 4 rings (SSSR count). The maximum Gasteiger partial charge on any atom is 0.231 e. The third-order valence-electron chi connectivity index (χ3n) is 4.71. The average Bonchev–Trinajstić information content (AvgIpc) is 3.35. The lowest BCUT2D eigenvalue weighted by molar-refractivity contribution is -0.128. The first kappa shape index (κ1) is 20.5. The molecule has 2 amide bonds. The van der Waals surface area contributed by atoms with Gasteiger partial charge < -0.3 is 10.2 Å². The molecule has 0 spiro atoms. The van der Waals surface area contributed by atoms with Gasteiger partial charge in [-0.1, -0.05) is 65.6 Å². The Bertz CT molecular complexity index is 1030. The summed E-state index contributed by atoms with van der Waals surface area (Å²) in [5.41, 5.74) is 2.02. The Morgan fingerprint density at radius 3 is 2.67 bits per heavy atom. The van der Waals surface area contributed by atoms with Crippen LogP contribution >= 0.6 is 23.1 Å². The van der Waals surface area contributed by atoms with Gasteiger partial charge in [0.15, 0.2) is 4.34 Å². The molecule has 1 saturated heterocycles. The van der Waals surface area contributed by atoms with E-state index in [1.807, 2.05) is 30.3 Å². The van der Waals surface area contributed by atoms with Gasteiger partial charge in [-0.15, -0.1) is 10.2 Å². The first-order chi connectivity index (χ1) is 14.6. The summed E-state index contributed by atoms with van der Waals surface area (Å²) < 4.78 is 13.7. The Morgan fingerprint density at radius 2 is 1.90 bits per heavy atom. The summed E-state index contributed by atoms with van der Waals surface area (Å²) in [7, 11) is 0. The van der Waals surface area contributed by atoms with E-state index in [2.05, 4.69) is 15.5 Å². The van der Waals surface area contributed by atoms with Gasteiger partial charge in [-0.3, -0.25) is 9.59 Å². The number of amides is 2. The van der Waals surface area contributed by atoms with E-state index in [1.54, 1.807) is 17.0 Å². The number of hydrogen-bond acceptors (Lipinski definition) is 6. The fraction of sp³-hybridized carbons (Fsp3) is 0.238. The number of thioether (sulfide) groups is 1. The summed E-state index contributed by atoms with van der Waals surface area (Å²) >= 11 is 2.75. The number of carbonyl (C=O) groups is 2. The fourth-order valence-electron chi connectivity index (χ4n) is 3.16. The van der Waals surface area contributed by atoms with Gasteiger partial charge in [-0.2, -0.15) is 0 Å². The van der Waals surface area contributed by atoms with Crippen molar-refractivity contribution >= 4 is 40.0 Å². The molecule has 1 aromatic heterocycles. The highest BCUT2D eigenvalue weighted by Crippen LogP contribution is 2.29. The van der Waals surface area contributed by atoms with Crippen LogP contribution in [0.2, 0.25) is 0 Å². The van der Waals surface area contributed by atoms with E-state index in [4.69, 9.17) is 0 Å². The summed E-state index contributed by atoms with van der Waals surface area (Å²) in [6.45, 7) is 0.900. The van der Waals surface area contributed by atoms with Gasteiger partial charge in [-0.25, -0.2) is 4.39 Å². The number of anilines is 1. The molecule has 1 aliphatic heterocycles. The Kier molecular flexibility index (Phi) is 6.39. The fourth-order valence-corrected chi connectivity index (χ4v) is 4.87. The number of nitrogens with one attached hydrogen (secondary N) is 1. The second kappa shape index (κ2) is 9.36. The van der Waals surface area contributed by atoms with Crippen LogP contribution in [0.5, 0.6) is 0 Å². The van der Waals surface area contributed by atoms with Crippen molar-refractivity contribution in [3.8, 4) is 0 Å². The lowest BCUT2D eigenvalue weighted by atomic mass is 10.1. The first-order valence-electron chi connectivity index (χ1n) is 9.40. The van der Waals surface area contributed by atoms with E-state index >= 15 is 0 Å². The molecule has 3 aromatic rings. The minimum atomic E-state index is -0.402. The Morgan fingerprint density at radius 1 is 1.13 bits per heavy atom. The number of aromatic nitrogens is 2. The van der Waals surface area contributed by atoms with Gasteiger partial charge in [0.25, 0.3) is 0 Å². The van der Waals surface area contributed by atoms with Gasteiger partial charge in [0.05, 0.1) is 5.92 Å². The molecule has 2 aromatic carbocycles. The van der Waals surface area contributed by atoms with Crippen LogP contribution in [0.1, 0.15) is 17.5 Å². The van der Waals surface area contributed by atoms with Gasteiger partial charge >= 0.3 is 0 Å². The van der Waals surface area contributed by atoms with E-state index in [0.29, 0.717) is 28.3 Å². The molecule has 154 valence electrons. The molecule has 1 atom stereocenters.